The number of benzene rings is 1. The molecule has 1 aromatic carbocycles. The largest absolute Gasteiger partial charge is 0.508 e. The number of hydrogen-bond donors (Lipinski definition) is 11. The highest BCUT2D eigenvalue weighted by molar-refractivity contribution is 8.76. The number of nitrogens with two attached hydrogens (primary N) is 3. The molecule has 0 radical (unpaired) electrons. The zero-order chi connectivity index (χ0) is 50.7. The smallest absolute Gasteiger partial charge is 0.247 e. The van der Waals surface area contributed by atoms with E-state index in [4.69, 9.17) is 17.2 Å². The first-order valence-corrected chi connectivity index (χ1v) is 24.5. The van der Waals surface area contributed by atoms with Gasteiger partial charge in [0.05, 0.1) is 13.0 Å². The average Bonchev–Trinajstić information content (AvgIpc) is 3.77. The Morgan fingerprint density at radius 1 is 0.809 bits per heavy atom. The van der Waals surface area contributed by atoms with Gasteiger partial charge in [0.25, 0.3) is 0 Å². The molecule has 14 N–H and O–H groups in total. The average molecular weight is 990 g/mol. The maximum absolute atomic E-state index is 14.4. The molecular formula is C43H63N11O12S2. The van der Waals surface area contributed by atoms with Gasteiger partial charge in [-0.2, -0.15) is 0 Å². The lowest BCUT2D eigenvalue weighted by molar-refractivity contribution is -0.141. The van der Waals surface area contributed by atoms with Crippen molar-refractivity contribution in [3.63, 3.8) is 0 Å². The number of phenolic OH excluding ortho intramolecular Hbond substituents is 1. The predicted molar refractivity (Wildman–Crippen MR) is 251 cm³/mol. The van der Waals surface area contributed by atoms with Crippen LogP contribution >= 0.6 is 21.6 Å². The summed E-state index contributed by atoms with van der Waals surface area (Å²) < 4.78 is 0. The number of carbonyl (C=O) groups excluding carboxylic acids is 11. The molecule has 0 aliphatic carbocycles. The summed E-state index contributed by atoms with van der Waals surface area (Å²) in [4.78, 5) is 147. The number of nitrogens with one attached hydrogen (secondary N) is 7. The minimum Gasteiger partial charge on any atom is -0.508 e. The second-order valence-electron chi connectivity index (χ2n) is 16.8. The lowest BCUT2D eigenvalue weighted by Gasteiger charge is -2.31. The van der Waals surface area contributed by atoms with E-state index in [1.165, 1.54) is 24.3 Å². The second kappa shape index (κ2) is 27.4. The molecule has 0 bridgehead atoms. The van der Waals surface area contributed by atoms with E-state index in [0.717, 1.165) is 26.5 Å². The Balaban J connectivity index is 2.02. The topological polar surface area (TPSA) is 374 Å². The van der Waals surface area contributed by atoms with Crippen molar-refractivity contribution in [1.82, 2.24) is 42.1 Å². The number of amides is 11. The van der Waals surface area contributed by atoms with Crippen molar-refractivity contribution in [3.05, 3.63) is 42.0 Å². The monoisotopic (exact) mass is 989 g/mol. The van der Waals surface area contributed by atoms with Gasteiger partial charge in [0.15, 0.2) is 0 Å². The molecule has 374 valence electrons. The minimum atomic E-state index is -1.74. The van der Waals surface area contributed by atoms with E-state index in [1.807, 2.05) is 13.8 Å². The summed E-state index contributed by atoms with van der Waals surface area (Å²) in [5.74, 6) is -9.90. The Morgan fingerprint density at radius 2 is 1.46 bits per heavy atom. The van der Waals surface area contributed by atoms with Gasteiger partial charge in [-0.3, -0.25) is 52.7 Å². The molecule has 11 amide bonds. The van der Waals surface area contributed by atoms with Gasteiger partial charge in [0.2, 0.25) is 65.0 Å². The SMILES string of the molecule is CC[C@H](C)[C@@H]1NC(=O)[C@H](Cc2ccc(O)cc2)NC(=O)CCSSC[C@@H](C(=O)N2CC=C[C@H]2C(=O)N[C@@H](CC(C)C)C(=O)NCC(N)=O)NC(=O)[C@H](CC(N)=O)NC(=O)[C@H](CCC(N)=O)NC1=O. The van der Waals surface area contributed by atoms with Crippen LogP contribution in [0, 0.1) is 11.8 Å². The zero-order valence-corrected chi connectivity index (χ0v) is 40.0. The highest BCUT2D eigenvalue weighted by atomic mass is 33.1. The fraction of sp³-hybridized carbons (Fsp3) is 0.558. The normalized spacial score (nSPS) is 23.1. The maximum Gasteiger partial charge on any atom is 0.247 e. The van der Waals surface area contributed by atoms with E-state index in [9.17, 15) is 57.8 Å². The zero-order valence-electron chi connectivity index (χ0n) is 38.4. The first-order valence-electron chi connectivity index (χ1n) is 22.0. The molecule has 68 heavy (non-hydrogen) atoms. The van der Waals surface area contributed by atoms with E-state index >= 15 is 0 Å². The standard InChI is InChI=1S/C43H63N11O12S2/c1-5-23(4)36-42(65)49-26(12-13-32(44)56)38(61)50-29(19-33(45)57)39(62)52-30(21-68-67-16-14-35(59)48-28(40(63)53-36)18-24-8-10-25(55)11-9-24)43(66)54-15-6-7-31(54)41(64)51-27(17-22(2)3)37(60)47-20-34(46)58/h6-11,22-23,26-31,36,55H,5,12-21H2,1-4H3,(H2,44,56)(H2,45,57)(H2,46,58)(H,47,60)(H,48,59)(H,49,65)(H,50,61)(H,51,64)(H,52,62)(H,53,63)/t23-,26-,27-,28-,29-,30-,31-,36-/m0/s1. The summed E-state index contributed by atoms with van der Waals surface area (Å²) in [7, 11) is 2.20. The number of carbonyl (C=O) groups is 11. The Hall–Kier alpha value is -6.37. The van der Waals surface area contributed by atoms with Gasteiger partial charge >= 0.3 is 0 Å². The third kappa shape index (κ3) is 18.4. The van der Waals surface area contributed by atoms with Gasteiger partial charge in [-0.15, -0.1) is 0 Å². The lowest BCUT2D eigenvalue weighted by Crippen LogP contribution is -2.61. The predicted octanol–water partition coefficient (Wildman–Crippen LogP) is -2.77. The first kappa shape index (κ1) is 56.0. The molecule has 23 nitrogen and oxygen atoms in total. The second-order valence-corrected chi connectivity index (χ2v) is 19.4. The van der Waals surface area contributed by atoms with Crippen LogP contribution in [0.4, 0.5) is 0 Å². The summed E-state index contributed by atoms with van der Waals surface area (Å²) in [6.07, 6.45) is 1.69. The van der Waals surface area contributed by atoms with Gasteiger partial charge < -0.3 is 64.4 Å². The molecule has 3 rings (SSSR count). The highest BCUT2D eigenvalue weighted by Gasteiger charge is 2.39. The molecular weight excluding hydrogens is 927 g/mol. The number of rotatable bonds is 17. The van der Waals surface area contributed by atoms with Gasteiger partial charge in [0.1, 0.15) is 48.0 Å². The molecule has 0 aromatic heterocycles. The van der Waals surface area contributed by atoms with Crippen LogP contribution in [0.2, 0.25) is 0 Å². The van der Waals surface area contributed by atoms with Crippen LogP contribution in [-0.4, -0.2) is 142 Å². The van der Waals surface area contributed by atoms with Crippen LogP contribution in [0.15, 0.2) is 36.4 Å². The number of phenols is 1. The van der Waals surface area contributed by atoms with Crippen LogP contribution in [0.5, 0.6) is 5.75 Å². The summed E-state index contributed by atoms with van der Waals surface area (Å²) in [6, 6.07) is -3.74. The highest BCUT2D eigenvalue weighted by Crippen LogP contribution is 2.25. The van der Waals surface area contributed by atoms with Crippen LogP contribution in [-0.2, 0) is 59.2 Å². The van der Waals surface area contributed by atoms with Crippen LogP contribution < -0.4 is 54.4 Å². The molecule has 0 spiro atoms. The molecule has 1 aromatic rings. The third-order valence-electron chi connectivity index (χ3n) is 10.8. The number of primary amides is 3. The summed E-state index contributed by atoms with van der Waals surface area (Å²) in [5.41, 5.74) is 16.6. The van der Waals surface area contributed by atoms with Crippen LogP contribution in [0.1, 0.15) is 71.8 Å². The Kier molecular flexibility index (Phi) is 22.6. The first-order chi connectivity index (χ1) is 32.1. The van der Waals surface area contributed by atoms with Crippen molar-refractivity contribution in [2.75, 3.05) is 24.6 Å². The van der Waals surface area contributed by atoms with Gasteiger partial charge in [-0.1, -0.05) is 80.0 Å². The van der Waals surface area contributed by atoms with Crippen molar-refractivity contribution in [2.45, 2.75) is 115 Å². The molecule has 1 saturated heterocycles. The molecule has 2 heterocycles. The Morgan fingerprint density at radius 3 is 2.07 bits per heavy atom. The molecule has 2 aliphatic rings. The fourth-order valence-corrected chi connectivity index (χ4v) is 9.14. The Bertz CT molecular complexity index is 2060. The molecule has 2 aliphatic heterocycles. The van der Waals surface area contributed by atoms with E-state index < -0.39 is 133 Å². The Labute approximate surface area is 401 Å². The van der Waals surface area contributed by atoms with Gasteiger partial charge in [-0.25, -0.2) is 0 Å². The lowest BCUT2D eigenvalue weighted by atomic mass is 9.96. The third-order valence-corrected chi connectivity index (χ3v) is 13.2. The maximum atomic E-state index is 14.4. The number of hydrogen-bond acceptors (Lipinski definition) is 14. The summed E-state index contributed by atoms with van der Waals surface area (Å²) in [5, 5.41) is 27.7. The fourth-order valence-electron chi connectivity index (χ4n) is 6.99. The van der Waals surface area contributed by atoms with Crippen molar-refractivity contribution in [1.29, 1.82) is 0 Å². The molecule has 0 unspecified atom stereocenters. The minimum absolute atomic E-state index is 0.0286. The van der Waals surface area contributed by atoms with Gasteiger partial charge in [-0.05, 0) is 42.4 Å². The molecule has 8 atom stereocenters. The van der Waals surface area contributed by atoms with E-state index in [2.05, 4.69) is 37.2 Å². The molecule has 0 saturated carbocycles. The number of nitrogens with zero attached hydrogens (tertiary/aromatic N) is 1. The molecule has 25 heteroatoms. The van der Waals surface area contributed by atoms with Crippen molar-refractivity contribution in [3.8, 4) is 5.75 Å². The van der Waals surface area contributed by atoms with Gasteiger partial charge in [0, 0.05) is 37.3 Å². The summed E-state index contributed by atoms with van der Waals surface area (Å²) in [6.45, 7) is 6.45. The van der Waals surface area contributed by atoms with E-state index in [-0.39, 0.29) is 55.4 Å². The van der Waals surface area contributed by atoms with E-state index in [1.54, 1.807) is 26.0 Å². The number of aromatic hydroxyl groups is 1. The van der Waals surface area contributed by atoms with Crippen molar-refractivity contribution >= 4 is 86.6 Å². The summed E-state index contributed by atoms with van der Waals surface area (Å²) >= 11 is 0. The van der Waals surface area contributed by atoms with Crippen molar-refractivity contribution in [2.24, 2.45) is 29.0 Å². The van der Waals surface area contributed by atoms with Crippen LogP contribution in [0.3, 0.4) is 0 Å². The molecule has 1 fully saturated rings. The quantitative estimate of drug-likeness (QED) is 0.0557. The van der Waals surface area contributed by atoms with Crippen LogP contribution in [0.25, 0.3) is 0 Å². The van der Waals surface area contributed by atoms with Crippen molar-refractivity contribution < 1.29 is 57.8 Å². The van der Waals surface area contributed by atoms with E-state index in [0.29, 0.717) is 12.0 Å².